The number of ether oxygens (including phenoxy) is 2. The van der Waals surface area contributed by atoms with E-state index in [1.54, 1.807) is 7.11 Å². The second-order valence-corrected chi connectivity index (χ2v) is 4.39. The first kappa shape index (κ1) is 10.5. The third-order valence-electron chi connectivity index (χ3n) is 3.39. The molecule has 0 radical (unpaired) electrons. The lowest BCUT2D eigenvalue weighted by Gasteiger charge is -2.31. The van der Waals surface area contributed by atoms with Gasteiger partial charge in [0.15, 0.2) is 0 Å². The van der Waals surface area contributed by atoms with Gasteiger partial charge in [0.25, 0.3) is 0 Å². The van der Waals surface area contributed by atoms with Gasteiger partial charge >= 0.3 is 5.97 Å². The van der Waals surface area contributed by atoms with Crippen molar-refractivity contribution in [2.24, 2.45) is 5.92 Å². The summed E-state index contributed by atoms with van der Waals surface area (Å²) in [5.41, 5.74) is 0. The maximum absolute atomic E-state index is 11.3. The fourth-order valence-corrected chi connectivity index (χ4v) is 2.52. The molecule has 0 aromatic rings. The van der Waals surface area contributed by atoms with Gasteiger partial charge in [-0.2, -0.15) is 0 Å². The van der Waals surface area contributed by atoms with Crippen LogP contribution in [0.15, 0.2) is 11.8 Å². The maximum Gasteiger partial charge on any atom is 0.334 e. The van der Waals surface area contributed by atoms with E-state index in [1.807, 2.05) is 0 Å². The van der Waals surface area contributed by atoms with Crippen LogP contribution >= 0.6 is 0 Å². The molecule has 1 saturated carbocycles. The van der Waals surface area contributed by atoms with E-state index in [-0.39, 0.29) is 12.1 Å². The minimum absolute atomic E-state index is 0.0535. The number of methoxy groups -OCH3 is 1. The van der Waals surface area contributed by atoms with Crippen LogP contribution in [0.25, 0.3) is 0 Å². The molecule has 1 heterocycles. The first-order chi connectivity index (χ1) is 7.29. The molecule has 0 saturated heterocycles. The normalized spacial score (nSPS) is 28.2. The van der Waals surface area contributed by atoms with E-state index in [4.69, 9.17) is 9.47 Å². The van der Waals surface area contributed by atoms with Gasteiger partial charge in [0.05, 0.1) is 13.2 Å². The van der Waals surface area contributed by atoms with E-state index in [2.05, 4.69) is 0 Å². The van der Waals surface area contributed by atoms with Crippen LogP contribution in [0.4, 0.5) is 0 Å². The summed E-state index contributed by atoms with van der Waals surface area (Å²) in [6.45, 7) is 0. The van der Waals surface area contributed by atoms with Gasteiger partial charge in [-0.15, -0.1) is 0 Å². The van der Waals surface area contributed by atoms with E-state index in [1.165, 1.54) is 38.2 Å². The SMILES string of the molecule is COC1=CC(=O)OC(C2CCCCC2)C1. The summed E-state index contributed by atoms with van der Waals surface area (Å²) in [5.74, 6) is 1.07. The van der Waals surface area contributed by atoms with Gasteiger partial charge in [-0.3, -0.25) is 0 Å². The number of esters is 1. The summed E-state index contributed by atoms with van der Waals surface area (Å²) in [6, 6.07) is 0. The number of cyclic esters (lactones) is 1. The van der Waals surface area contributed by atoms with E-state index in [9.17, 15) is 4.79 Å². The van der Waals surface area contributed by atoms with Crippen molar-refractivity contribution in [2.75, 3.05) is 7.11 Å². The fourth-order valence-electron chi connectivity index (χ4n) is 2.52. The van der Waals surface area contributed by atoms with E-state index in [0.29, 0.717) is 5.92 Å². The molecule has 0 amide bonds. The molecule has 0 aromatic carbocycles. The average Bonchev–Trinajstić information content (AvgIpc) is 2.29. The second kappa shape index (κ2) is 4.69. The molecule has 0 bridgehead atoms. The number of carbonyl (C=O) groups excluding carboxylic acids is 1. The average molecular weight is 210 g/mol. The molecule has 15 heavy (non-hydrogen) atoms. The zero-order valence-corrected chi connectivity index (χ0v) is 9.20. The zero-order chi connectivity index (χ0) is 10.7. The predicted molar refractivity (Wildman–Crippen MR) is 56.2 cm³/mol. The molecule has 0 spiro atoms. The molecule has 84 valence electrons. The monoisotopic (exact) mass is 210 g/mol. The molecular formula is C12H18O3. The van der Waals surface area contributed by atoms with E-state index in [0.717, 1.165) is 12.2 Å². The van der Waals surface area contributed by atoms with Crippen LogP contribution < -0.4 is 0 Å². The van der Waals surface area contributed by atoms with Crippen molar-refractivity contribution in [3.63, 3.8) is 0 Å². The number of hydrogen-bond donors (Lipinski definition) is 0. The van der Waals surface area contributed by atoms with Crippen molar-refractivity contribution >= 4 is 5.97 Å². The Bertz CT molecular complexity index is 264. The lowest BCUT2D eigenvalue weighted by Crippen LogP contribution is -2.31. The van der Waals surface area contributed by atoms with Crippen LogP contribution in [-0.2, 0) is 14.3 Å². The van der Waals surface area contributed by atoms with Gasteiger partial charge in [-0.25, -0.2) is 4.79 Å². The van der Waals surface area contributed by atoms with Gasteiger partial charge in [-0.05, 0) is 18.8 Å². The van der Waals surface area contributed by atoms with Gasteiger partial charge in [0.1, 0.15) is 11.9 Å². The molecule has 1 aliphatic heterocycles. The standard InChI is InChI=1S/C12H18O3/c1-14-10-7-11(15-12(13)8-10)9-5-3-2-4-6-9/h8-9,11H,2-7H2,1H3. The lowest BCUT2D eigenvalue weighted by molar-refractivity contribution is -0.149. The summed E-state index contributed by atoms with van der Waals surface area (Å²) in [4.78, 5) is 11.3. The van der Waals surface area contributed by atoms with Crippen molar-refractivity contribution in [2.45, 2.75) is 44.6 Å². The molecule has 0 aromatic heterocycles. The maximum atomic E-state index is 11.3. The first-order valence-electron chi connectivity index (χ1n) is 5.75. The zero-order valence-electron chi connectivity index (χ0n) is 9.20. The Morgan fingerprint density at radius 3 is 2.73 bits per heavy atom. The largest absolute Gasteiger partial charge is 0.501 e. The molecular weight excluding hydrogens is 192 g/mol. The van der Waals surface area contributed by atoms with E-state index >= 15 is 0 Å². The Kier molecular flexibility index (Phi) is 3.29. The van der Waals surface area contributed by atoms with Crippen molar-refractivity contribution in [1.82, 2.24) is 0 Å². The summed E-state index contributed by atoms with van der Waals surface area (Å²) in [5, 5.41) is 0. The van der Waals surface area contributed by atoms with Gasteiger partial charge < -0.3 is 9.47 Å². The van der Waals surface area contributed by atoms with Crippen molar-refractivity contribution in [3.8, 4) is 0 Å². The van der Waals surface area contributed by atoms with Crippen molar-refractivity contribution in [1.29, 1.82) is 0 Å². The van der Waals surface area contributed by atoms with Crippen LogP contribution in [0.3, 0.4) is 0 Å². The molecule has 2 rings (SSSR count). The Morgan fingerprint density at radius 1 is 1.33 bits per heavy atom. The van der Waals surface area contributed by atoms with Crippen LogP contribution in [-0.4, -0.2) is 19.2 Å². The highest BCUT2D eigenvalue weighted by atomic mass is 16.6. The highest BCUT2D eigenvalue weighted by Gasteiger charge is 2.30. The molecule has 3 nitrogen and oxygen atoms in total. The first-order valence-corrected chi connectivity index (χ1v) is 5.75. The highest BCUT2D eigenvalue weighted by molar-refractivity contribution is 5.83. The molecule has 1 fully saturated rings. The van der Waals surface area contributed by atoms with Crippen LogP contribution in [0, 0.1) is 5.92 Å². The Morgan fingerprint density at radius 2 is 2.07 bits per heavy atom. The topological polar surface area (TPSA) is 35.5 Å². The smallest absolute Gasteiger partial charge is 0.334 e. The van der Waals surface area contributed by atoms with Gasteiger partial charge in [0.2, 0.25) is 0 Å². The minimum atomic E-state index is -0.242. The molecule has 1 atom stereocenters. The quantitative estimate of drug-likeness (QED) is 0.656. The molecule has 1 unspecified atom stereocenters. The Hall–Kier alpha value is -0.990. The molecule has 1 aliphatic carbocycles. The third-order valence-corrected chi connectivity index (χ3v) is 3.39. The van der Waals surface area contributed by atoms with E-state index < -0.39 is 0 Å². The molecule has 0 N–H and O–H groups in total. The lowest BCUT2D eigenvalue weighted by atomic mass is 9.83. The third kappa shape index (κ3) is 2.52. The minimum Gasteiger partial charge on any atom is -0.501 e. The summed E-state index contributed by atoms with van der Waals surface area (Å²) < 4.78 is 10.5. The summed E-state index contributed by atoms with van der Waals surface area (Å²) in [7, 11) is 1.61. The van der Waals surface area contributed by atoms with Crippen LogP contribution in [0.1, 0.15) is 38.5 Å². The fraction of sp³-hybridized carbons (Fsp3) is 0.750. The predicted octanol–water partition coefficient (Wildman–Crippen LogP) is 2.41. The van der Waals surface area contributed by atoms with Crippen molar-refractivity contribution in [3.05, 3.63) is 11.8 Å². The summed E-state index contributed by atoms with van der Waals surface area (Å²) >= 11 is 0. The number of hydrogen-bond acceptors (Lipinski definition) is 3. The van der Waals surface area contributed by atoms with Gasteiger partial charge in [0, 0.05) is 6.42 Å². The van der Waals surface area contributed by atoms with Crippen LogP contribution in [0.5, 0.6) is 0 Å². The summed E-state index contributed by atoms with van der Waals surface area (Å²) in [6.07, 6.45) is 8.51. The van der Waals surface area contributed by atoms with Gasteiger partial charge in [-0.1, -0.05) is 19.3 Å². The Balaban J connectivity index is 1.98. The molecule has 2 aliphatic rings. The van der Waals surface area contributed by atoms with Crippen LogP contribution in [0.2, 0.25) is 0 Å². The Labute approximate surface area is 90.4 Å². The second-order valence-electron chi connectivity index (χ2n) is 4.39. The highest BCUT2D eigenvalue weighted by Crippen LogP contribution is 2.32. The molecule has 3 heteroatoms. The number of rotatable bonds is 2. The van der Waals surface area contributed by atoms with Crippen molar-refractivity contribution < 1.29 is 14.3 Å². The number of carbonyl (C=O) groups is 1.